The summed E-state index contributed by atoms with van der Waals surface area (Å²) in [5, 5.41) is 18.9. The van der Waals surface area contributed by atoms with Crippen molar-refractivity contribution in [1.29, 1.82) is 0 Å². The highest BCUT2D eigenvalue weighted by Crippen LogP contribution is 1.97. The van der Waals surface area contributed by atoms with Crippen molar-refractivity contribution in [3.8, 4) is 0 Å². The van der Waals surface area contributed by atoms with Crippen LogP contribution in [0.15, 0.2) is 0 Å². The zero-order valence-corrected chi connectivity index (χ0v) is 11.0. The number of rotatable bonds is 5. The Morgan fingerprint density at radius 1 is 1.38 bits per heavy atom. The van der Waals surface area contributed by atoms with E-state index in [1.807, 2.05) is 21.1 Å². The highest BCUT2D eigenvalue weighted by atomic mass is 35.5. The van der Waals surface area contributed by atoms with Crippen molar-refractivity contribution >= 4 is 22.8 Å². The first-order valence-electron chi connectivity index (χ1n) is 4.95. The fraction of sp³-hybridized carbons (Fsp3) is 0.800. The lowest BCUT2D eigenvalue weighted by molar-refractivity contribution is -0.873. The van der Waals surface area contributed by atoms with E-state index in [4.69, 9.17) is 16.7 Å². The van der Waals surface area contributed by atoms with Crippen LogP contribution in [0.1, 0.15) is 19.8 Å². The first-order valence-corrected chi connectivity index (χ1v) is 5.33. The summed E-state index contributed by atoms with van der Waals surface area (Å²) in [6.07, 6.45) is -0.656. The maximum Gasteiger partial charge on any atom is 0.221 e. The quantitative estimate of drug-likeness (QED) is 0.522. The third kappa shape index (κ3) is 19.0. The SMILES string of the molecule is CCC(=O)Cl.C[N+](C)(C)C[C@H](O)CC(=O)[O-]. The van der Waals surface area contributed by atoms with Gasteiger partial charge in [-0.3, -0.25) is 4.79 Å². The van der Waals surface area contributed by atoms with Crippen LogP contribution in [0.3, 0.4) is 0 Å². The molecule has 0 bridgehead atoms. The Morgan fingerprint density at radius 3 is 1.94 bits per heavy atom. The molecule has 5 nitrogen and oxygen atoms in total. The number of aliphatic hydroxyl groups excluding tert-OH is 1. The molecular formula is C10H20ClNO4. The van der Waals surface area contributed by atoms with Gasteiger partial charge in [0.15, 0.2) is 0 Å². The van der Waals surface area contributed by atoms with Gasteiger partial charge in [0.05, 0.1) is 21.1 Å². The van der Waals surface area contributed by atoms with Gasteiger partial charge in [-0.1, -0.05) is 6.92 Å². The Balaban J connectivity index is 0. The van der Waals surface area contributed by atoms with E-state index >= 15 is 0 Å². The van der Waals surface area contributed by atoms with Crippen LogP contribution in [0.25, 0.3) is 0 Å². The zero-order valence-electron chi connectivity index (χ0n) is 10.2. The molecule has 0 fully saturated rings. The summed E-state index contributed by atoms with van der Waals surface area (Å²) < 4.78 is 0.550. The van der Waals surface area contributed by atoms with Crippen molar-refractivity contribution in [2.45, 2.75) is 25.9 Å². The predicted octanol–water partition coefficient (Wildman–Crippen LogP) is -0.645. The van der Waals surface area contributed by atoms with Gasteiger partial charge in [0, 0.05) is 18.8 Å². The second-order valence-corrected chi connectivity index (χ2v) is 4.83. The molecule has 1 N–H and O–H groups in total. The van der Waals surface area contributed by atoms with Crippen molar-refractivity contribution in [3.63, 3.8) is 0 Å². The normalized spacial score (nSPS) is 12.4. The van der Waals surface area contributed by atoms with E-state index in [1.165, 1.54) is 0 Å². The van der Waals surface area contributed by atoms with Crippen molar-refractivity contribution in [2.75, 3.05) is 27.7 Å². The number of carboxylic acids is 1. The number of nitrogens with zero attached hydrogens (tertiary/aromatic N) is 1. The highest BCUT2D eigenvalue weighted by molar-refractivity contribution is 6.63. The fourth-order valence-electron chi connectivity index (χ4n) is 0.889. The molecule has 0 aliphatic carbocycles. The number of carbonyl (C=O) groups is 2. The van der Waals surface area contributed by atoms with Gasteiger partial charge >= 0.3 is 0 Å². The van der Waals surface area contributed by atoms with Crippen molar-refractivity contribution in [3.05, 3.63) is 0 Å². The number of aliphatic carboxylic acids is 1. The highest BCUT2D eigenvalue weighted by Gasteiger charge is 2.14. The fourth-order valence-corrected chi connectivity index (χ4v) is 0.889. The van der Waals surface area contributed by atoms with Gasteiger partial charge in [-0.15, -0.1) is 0 Å². The van der Waals surface area contributed by atoms with Gasteiger partial charge in [0.1, 0.15) is 12.6 Å². The van der Waals surface area contributed by atoms with Crippen LogP contribution >= 0.6 is 11.6 Å². The summed E-state index contributed by atoms with van der Waals surface area (Å²) in [5.74, 6) is -1.20. The number of quaternary nitrogens is 1. The molecule has 0 spiro atoms. The maximum atomic E-state index is 10.0. The first kappa shape index (κ1) is 17.7. The van der Waals surface area contributed by atoms with Gasteiger partial charge < -0.3 is 19.5 Å². The van der Waals surface area contributed by atoms with Gasteiger partial charge in [-0.05, 0) is 11.6 Å². The second kappa shape index (κ2) is 8.50. The Hall–Kier alpha value is -0.650. The second-order valence-electron chi connectivity index (χ2n) is 4.41. The van der Waals surface area contributed by atoms with Gasteiger partial charge in [-0.2, -0.15) is 0 Å². The summed E-state index contributed by atoms with van der Waals surface area (Å²) in [6.45, 7) is 2.14. The Morgan fingerprint density at radius 2 is 1.75 bits per heavy atom. The minimum atomic E-state index is -1.20. The van der Waals surface area contributed by atoms with E-state index in [1.54, 1.807) is 6.92 Å². The van der Waals surface area contributed by atoms with Crippen LogP contribution in [0.4, 0.5) is 0 Å². The van der Waals surface area contributed by atoms with E-state index in [2.05, 4.69) is 0 Å². The maximum absolute atomic E-state index is 10.0. The average Bonchev–Trinajstić information content (AvgIpc) is 1.99. The standard InChI is InChI=1S/C7H15NO3.C3H5ClO/c1-8(2,3)5-6(9)4-7(10)11;1-2-3(4)5/h6,9H,4-5H2,1-3H3;2H2,1H3/t6-;/m1./s1. The molecule has 0 aromatic heterocycles. The molecule has 0 aliphatic rings. The minimum Gasteiger partial charge on any atom is -0.550 e. The van der Waals surface area contributed by atoms with Crippen molar-refractivity contribution in [1.82, 2.24) is 0 Å². The van der Waals surface area contributed by atoms with Crippen LogP contribution in [0.5, 0.6) is 0 Å². The lowest BCUT2D eigenvalue weighted by Crippen LogP contribution is -2.43. The number of halogens is 1. The monoisotopic (exact) mass is 253 g/mol. The van der Waals surface area contributed by atoms with Crippen LogP contribution < -0.4 is 5.11 Å². The molecular weight excluding hydrogens is 234 g/mol. The van der Waals surface area contributed by atoms with Crippen LogP contribution in [-0.4, -0.2) is 54.6 Å². The van der Waals surface area contributed by atoms with E-state index in [-0.39, 0.29) is 11.7 Å². The number of hydrogen-bond acceptors (Lipinski definition) is 4. The van der Waals surface area contributed by atoms with Gasteiger partial charge in [0.25, 0.3) is 0 Å². The van der Waals surface area contributed by atoms with E-state index in [0.29, 0.717) is 17.4 Å². The summed E-state index contributed by atoms with van der Waals surface area (Å²) in [6, 6.07) is 0. The molecule has 0 saturated carbocycles. The number of aliphatic hydroxyl groups is 1. The molecule has 0 radical (unpaired) electrons. The van der Waals surface area contributed by atoms with Gasteiger partial charge in [-0.25, -0.2) is 0 Å². The number of hydrogen-bond donors (Lipinski definition) is 1. The molecule has 0 saturated heterocycles. The molecule has 6 heteroatoms. The largest absolute Gasteiger partial charge is 0.550 e. The first-order chi connectivity index (χ1) is 7.08. The number of carboxylic acid groups (broad SMARTS) is 1. The number of carbonyl (C=O) groups excluding carboxylic acids is 2. The molecule has 0 aliphatic heterocycles. The summed E-state index contributed by atoms with van der Waals surface area (Å²) in [5.41, 5.74) is 0. The van der Waals surface area contributed by atoms with Crippen LogP contribution in [-0.2, 0) is 9.59 Å². The third-order valence-corrected chi connectivity index (χ3v) is 1.71. The molecule has 0 aromatic rings. The zero-order chi connectivity index (χ0) is 13.4. The summed E-state index contributed by atoms with van der Waals surface area (Å²) in [7, 11) is 5.66. The molecule has 0 amide bonds. The number of likely N-dealkylation sites (N-methyl/N-ethyl adjacent to an activating group) is 1. The molecule has 16 heavy (non-hydrogen) atoms. The van der Waals surface area contributed by atoms with E-state index in [9.17, 15) is 14.7 Å². The molecule has 0 unspecified atom stereocenters. The molecule has 0 heterocycles. The Labute approximate surface area is 101 Å². The lowest BCUT2D eigenvalue weighted by Gasteiger charge is -2.26. The molecule has 0 rings (SSSR count). The predicted molar refractivity (Wildman–Crippen MR) is 59.7 cm³/mol. The minimum absolute atomic E-state index is 0.273. The third-order valence-electron chi connectivity index (χ3n) is 1.44. The Kier molecular flexibility index (Phi) is 9.42. The van der Waals surface area contributed by atoms with Gasteiger partial charge in [0.2, 0.25) is 5.24 Å². The average molecular weight is 254 g/mol. The van der Waals surface area contributed by atoms with Crippen LogP contribution in [0, 0.1) is 0 Å². The van der Waals surface area contributed by atoms with Crippen molar-refractivity contribution < 1.29 is 24.3 Å². The Bertz CT molecular complexity index is 225. The smallest absolute Gasteiger partial charge is 0.221 e. The summed E-state index contributed by atoms with van der Waals surface area (Å²) >= 11 is 4.82. The van der Waals surface area contributed by atoms with Crippen LogP contribution in [0.2, 0.25) is 0 Å². The van der Waals surface area contributed by atoms with Crippen molar-refractivity contribution in [2.24, 2.45) is 0 Å². The van der Waals surface area contributed by atoms with E-state index < -0.39 is 12.1 Å². The van der Waals surface area contributed by atoms with E-state index in [0.717, 1.165) is 0 Å². The molecule has 96 valence electrons. The molecule has 0 aromatic carbocycles. The summed E-state index contributed by atoms with van der Waals surface area (Å²) in [4.78, 5) is 19.6. The molecule has 1 atom stereocenters. The topological polar surface area (TPSA) is 77.4 Å². The lowest BCUT2D eigenvalue weighted by atomic mass is 10.2.